The highest BCUT2D eigenvalue weighted by atomic mass is 32.1. The molecule has 1 aliphatic carbocycles. The Morgan fingerprint density at radius 3 is 2.61 bits per heavy atom. The zero-order valence-corrected chi connectivity index (χ0v) is 24.9. The molecule has 0 saturated heterocycles. The molecule has 0 aliphatic heterocycles. The van der Waals surface area contributed by atoms with Gasteiger partial charge in [-0.05, 0) is 85.7 Å². The summed E-state index contributed by atoms with van der Waals surface area (Å²) >= 11 is 1.73. The van der Waals surface area contributed by atoms with E-state index < -0.39 is 6.10 Å². The summed E-state index contributed by atoms with van der Waals surface area (Å²) < 4.78 is 6.00. The summed E-state index contributed by atoms with van der Waals surface area (Å²) in [7, 11) is 1.80. The van der Waals surface area contributed by atoms with E-state index in [0.717, 1.165) is 59.4 Å². The topological polar surface area (TPSA) is 87.7 Å². The Labute approximate surface area is 232 Å². The lowest BCUT2D eigenvalue weighted by Gasteiger charge is -2.30. The fraction of sp³-hybridized carbons (Fsp3) is 0.613. The molecule has 1 unspecified atom stereocenters. The molecule has 2 aromatic rings. The van der Waals surface area contributed by atoms with Crippen LogP contribution in [0.15, 0.2) is 12.1 Å². The van der Waals surface area contributed by atoms with E-state index in [2.05, 4.69) is 50.5 Å². The number of carbonyl (C=O) groups is 2. The number of thiophene rings is 1. The van der Waals surface area contributed by atoms with Crippen LogP contribution in [0.5, 0.6) is 5.75 Å². The highest BCUT2D eigenvalue weighted by Gasteiger charge is 2.31. The molecule has 1 aromatic heterocycles. The van der Waals surface area contributed by atoms with Crippen LogP contribution in [0.4, 0.5) is 0 Å². The minimum absolute atomic E-state index is 0.0967. The molecular formula is C31H46N2O4S. The maximum absolute atomic E-state index is 13.4. The molecule has 0 radical (unpaired) electrons. The van der Waals surface area contributed by atoms with E-state index in [0.29, 0.717) is 31.2 Å². The number of Topliss-reactive ketones (excluding diaryl/α,β-unsaturated/α-hetero) is 1. The van der Waals surface area contributed by atoms with Crippen LogP contribution in [0.2, 0.25) is 0 Å². The molecule has 3 N–H and O–H groups in total. The molecule has 0 fully saturated rings. The zero-order chi connectivity index (χ0) is 27.9. The lowest BCUT2D eigenvalue weighted by molar-refractivity contribution is -0.121. The van der Waals surface area contributed by atoms with E-state index in [-0.39, 0.29) is 24.8 Å². The van der Waals surface area contributed by atoms with Crippen LogP contribution in [0, 0.1) is 12.3 Å². The van der Waals surface area contributed by atoms with E-state index in [4.69, 9.17) is 4.74 Å². The van der Waals surface area contributed by atoms with E-state index in [1.54, 1.807) is 18.4 Å². The summed E-state index contributed by atoms with van der Waals surface area (Å²) in [4.78, 5) is 27.5. The maximum atomic E-state index is 13.4. The Kier molecular flexibility index (Phi) is 10.9. The van der Waals surface area contributed by atoms with Gasteiger partial charge in [0.2, 0.25) is 5.91 Å². The van der Waals surface area contributed by atoms with Gasteiger partial charge in [0.05, 0.1) is 4.88 Å². The second-order valence-corrected chi connectivity index (χ2v) is 12.4. The number of benzene rings is 1. The molecule has 0 bridgehead atoms. The van der Waals surface area contributed by atoms with Gasteiger partial charge in [-0.1, -0.05) is 39.8 Å². The monoisotopic (exact) mass is 542 g/mol. The first kappa shape index (κ1) is 30.3. The minimum atomic E-state index is -0.787. The van der Waals surface area contributed by atoms with Crippen molar-refractivity contribution in [2.75, 3.05) is 26.7 Å². The third kappa shape index (κ3) is 7.90. The first-order chi connectivity index (χ1) is 18.1. The zero-order valence-electron chi connectivity index (χ0n) is 24.1. The molecular weight excluding hydrogens is 496 g/mol. The fourth-order valence-electron chi connectivity index (χ4n) is 5.27. The number of amides is 1. The number of hydrogen-bond donors (Lipinski definition) is 3. The standard InChI is InChI=1S/C31H46N2O4S/c1-7-22-16-21(15-20(3)29(22)37-19-23(34)18-33-28(36)12-14-32-6)9-10-26(35)30-24-11-13-31(4,5)17-25(24)27(8-2)38-30/h15-16,23,32,34H,7-14,17-19H2,1-6H3,(H,33,36). The van der Waals surface area contributed by atoms with E-state index in [1.807, 2.05) is 6.92 Å². The number of nitrogens with one attached hydrogen (secondary N) is 2. The summed E-state index contributed by atoms with van der Waals surface area (Å²) in [5.74, 6) is 0.952. The Morgan fingerprint density at radius 1 is 1.16 bits per heavy atom. The Bertz CT molecular complexity index is 1120. The van der Waals surface area contributed by atoms with Crippen molar-refractivity contribution >= 4 is 23.0 Å². The number of aryl methyl sites for hydroxylation is 4. The molecule has 7 heteroatoms. The SMILES string of the molecule is CCc1cc(CCC(=O)c2sc(CC)c3c2CCC(C)(C)C3)cc(C)c1OCC(O)CNC(=O)CCNC. The molecule has 210 valence electrons. The van der Waals surface area contributed by atoms with Crippen molar-refractivity contribution in [3.05, 3.63) is 49.7 Å². The first-order valence-electron chi connectivity index (χ1n) is 14.1. The van der Waals surface area contributed by atoms with Gasteiger partial charge in [0.15, 0.2) is 5.78 Å². The normalized spacial score (nSPS) is 15.1. The van der Waals surface area contributed by atoms with E-state index in [9.17, 15) is 14.7 Å². The minimum Gasteiger partial charge on any atom is -0.490 e. The van der Waals surface area contributed by atoms with Crippen LogP contribution in [0.3, 0.4) is 0 Å². The number of ether oxygens (including phenoxy) is 1. The fourth-order valence-corrected chi connectivity index (χ4v) is 6.55. The van der Waals surface area contributed by atoms with Crippen LogP contribution in [-0.2, 0) is 36.9 Å². The molecule has 3 rings (SSSR count). The molecule has 1 heterocycles. The molecule has 0 saturated carbocycles. The van der Waals surface area contributed by atoms with Crippen LogP contribution < -0.4 is 15.4 Å². The number of aliphatic hydroxyl groups is 1. The lowest BCUT2D eigenvalue weighted by atomic mass is 9.74. The lowest BCUT2D eigenvalue weighted by Crippen LogP contribution is -2.36. The largest absolute Gasteiger partial charge is 0.490 e. The van der Waals surface area contributed by atoms with E-state index in [1.165, 1.54) is 16.0 Å². The van der Waals surface area contributed by atoms with Crippen molar-refractivity contribution in [3.63, 3.8) is 0 Å². The van der Waals surface area contributed by atoms with Crippen LogP contribution in [-0.4, -0.2) is 49.6 Å². The summed E-state index contributed by atoms with van der Waals surface area (Å²) in [6, 6.07) is 4.23. The van der Waals surface area contributed by atoms with E-state index >= 15 is 0 Å². The number of carbonyl (C=O) groups excluding carboxylic acids is 2. The molecule has 1 amide bonds. The summed E-state index contributed by atoms with van der Waals surface area (Å²) in [6.07, 6.45) is 5.81. The van der Waals surface area contributed by atoms with Crippen molar-refractivity contribution in [1.82, 2.24) is 10.6 Å². The Balaban J connectivity index is 1.61. The molecule has 1 aromatic carbocycles. The number of hydrogen-bond acceptors (Lipinski definition) is 6. The van der Waals surface area contributed by atoms with Crippen molar-refractivity contribution in [3.8, 4) is 5.75 Å². The highest BCUT2D eigenvalue weighted by Crippen LogP contribution is 2.42. The van der Waals surface area contributed by atoms with Crippen molar-refractivity contribution in [2.45, 2.75) is 92.1 Å². The highest BCUT2D eigenvalue weighted by molar-refractivity contribution is 7.14. The Morgan fingerprint density at radius 2 is 1.92 bits per heavy atom. The van der Waals surface area contributed by atoms with Crippen molar-refractivity contribution in [2.24, 2.45) is 5.41 Å². The number of aliphatic hydroxyl groups excluding tert-OH is 1. The average molecular weight is 543 g/mol. The summed E-state index contributed by atoms with van der Waals surface area (Å²) in [5, 5.41) is 16.0. The van der Waals surface area contributed by atoms with Gasteiger partial charge in [0.25, 0.3) is 0 Å². The third-order valence-electron chi connectivity index (χ3n) is 7.47. The second kappa shape index (κ2) is 13.7. The number of ketones is 1. The molecule has 1 atom stereocenters. The van der Waals surface area contributed by atoms with Gasteiger partial charge in [-0.25, -0.2) is 0 Å². The van der Waals surface area contributed by atoms with Gasteiger partial charge < -0.3 is 20.5 Å². The van der Waals surface area contributed by atoms with Gasteiger partial charge in [0.1, 0.15) is 18.5 Å². The summed E-state index contributed by atoms with van der Waals surface area (Å²) in [5.41, 5.74) is 6.29. The molecule has 6 nitrogen and oxygen atoms in total. The van der Waals surface area contributed by atoms with Gasteiger partial charge in [-0.2, -0.15) is 0 Å². The maximum Gasteiger partial charge on any atom is 0.221 e. The first-order valence-corrected chi connectivity index (χ1v) is 14.9. The van der Waals surface area contributed by atoms with Gasteiger partial charge >= 0.3 is 0 Å². The molecule has 38 heavy (non-hydrogen) atoms. The number of fused-ring (bicyclic) bond motifs is 1. The molecule has 1 aliphatic rings. The van der Waals surface area contributed by atoms with Crippen LogP contribution >= 0.6 is 11.3 Å². The quantitative estimate of drug-likeness (QED) is 0.293. The van der Waals surface area contributed by atoms with Gasteiger partial charge in [-0.3, -0.25) is 9.59 Å². The molecule has 0 spiro atoms. The predicted molar refractivity (Wildman–Crippen MR) is 156 cm³/mol. The third-order valence-corrected chi connectivity index (χ3v) is 8.93. The van der Waals surface area contributed by atoms with Crippen molar-refractivity contribution in [1.29, 1.82) is 0 Å². The predicted octanol–water partition coefficient (Wildman–Crippen LogP) is 4.98. The summed E-state index contributed by atoms with van der Waals surface area (Å²) in [6.45, 7) is 11.8. The van der Waals surface area contributed by atoms with Gasteiger partial charge in [-0.15, -0.1) is 11.3 Å². The number of rotatable bonds is 14. The van der Waals surface area contributed by atoms with Crippen LogP contribution in [0.1, 0.15) is 89.3 Å². The van der Waals surface area contributed by atoms with Crippen LogP contribution in [0.25, 0.3) is 0 Å². The second-order valence-electron chi connectivity index (χ2n) is 11.3. The average Bonchev–Trinajstić information content (AvgIpc) is 3.24. The Hall–Kier alpha value is -2.22. The van der Waals surface area contributed by atoms with Gasteiger partial charge in [0, 0.05) is 30.8 Å². The van der Waals surface area contributed by atoms with Crippen molar-refractivity contribution < 1.29 is 19.4 Å². The smallest absolute Gasteiger partial charge is 0.221 e.